The molecule has 1 amide bonds. The van der Waals surface area contributed by atoms with Crippen LogP contribution in [0.15, 0.2) is 59.4 Å². The van der Waals surface area contributed by atoms with Crippen molar-refractivity contribution < 1.29 is 19.1 Å². The Labute approximate surface area is 197 Å². The minimum Gasteiger partial charge on any atom is -0.452 e. The van der Waals surface area contributed by atoms with Crippen LogP contribution >= 0.6 is 0 Å². The first-order valence-corrected chi connectivity index (χ1v) is 11.2. The third-order valence-electron chi connectivity index (χ3n) is 6.02. The summed E-state index contributed by atoms with van der Waals surface area (Å²) in [5, 5.41) is 10.3. The molecule has 1 aromatic carbocycles. The molecule has 0 bridgehead atoms. The first-order valence-electron chi connectivity index (χ1n) is 11.2. The van der Waals surface area contributed by atoms with Crippen molar-refractivity contribution in [1.29, 1.82) is 0 Å². The van der Waals surface area contributed by atoms with Crippen molar-refractivity contribution in [1.82, 2.24) is 19.9 Å². The van der Waals surface area contributed by atoms with Crippen LogP contribution in [0.4, 0.5) is 0 Å². The number of hydrogen-bond acceptors (Lipinski definition) is 7. The van der Waals surface area contributed by atoms with Crippen LogP contribution in [0, 0.1) is 0 Å². The lowest BCUT2D eigenvalue weighted by Crippen LogP contribution is -2.47. The van der Waals surface area contributed by atoms with Gasteiger partial charge in [-0.25, -0.2) is 9.97 Å². The van der Waals surface area contributed by atoms with Gasteiger partial charge >= 0.3 is 0 Å². The summed E-state index contributed by atoms with van der Waals surface area (Å²) < 4.78 is 11.6. The Morgan fingerprint density at radius 1 is 1.09 bits per heavy atom. The fraction of sp³-hybridized carbons (Fsp3) is 0.308. The van der Waals surface area contributed by atoms with Crippen molar-refractivity contribution in [3.05, 3.63) is 66.2 Å². The van der Waals surface area contributed by atoms with Crippen LogP contribution < -0.4 is 0 Å². The third kappa shape index (κ3) is 4.18. The SMILES string of the molecule is C[C@H]1COCCN1C(=O)c1ccc(-c2cc3ncnc(-c4ccnc(C(C)(C)O)c4)c3o2)cc1. The Morgan fingerprint density at radius 2 is 1.88 bits per heavy atom. The summed E-state index contributed by atoms with van der Waals surface area (Å²) in [6.45, 7) is 7.08. The zero-order valence-electron chi connectivity index (χ0n) is 19.4. The number of furan rings is 1. The van der Waals surface area contributed by atoms with Gasteiger partial charge in [-0.15, -0.1) is 0 Å². The van der Waals surface area contributed by atoms with E-state index in [0.717, 1.165) is 11.1 Å². The van der Waals surface area contributed by atoms with Gasteiger partial charge in [0.2, 0.25) is 0 Å². The molecule has 0 aliphatic carbocycles. The van der Waals surface area contributed by atoms with Crippen LogP contribution in [0.3, 0.4) is 0 Å². The van der Waals surface area contributed by atoms with Crippen molar-refractivity contribution in [2.24, 2.45) is 0 Å². The fourth-order valence-corrected chi connectivity index (χ4v) is 4.09. The Morgan fingerprint density at radius 3 is 2.62 bits per heavy atom. The van der Waals surface area contributed by atoms with Gasteiger partial charge in [0.1, 0.15) is 28.9 Å². The van der Waals surface area contributed by atoms with Gasteiger partial charge in [0.25, 0.3) is 5.91 Å². The molecule has 1 aliphatic rings. The standard InChI is InChI=1S/C26H26N4O4/c1-16-14-33-11-10-30(16)25(31)18-6-4-17(5-7-18)21-13-20-24(34-21)23(29-15-28-20)19-8-9-27-22(12-19)26(2,3)32/h4-9,12-13,15-16,32H,10-11,14H2,1-3H3/t16-/m0/s1. The van der Waals surface area contributed by atoms with Gasteiger partial charge < -0.3 is 19.2 Å². The van der Waals surface area contributed by atoms with Crippen molar-refractivity contribution in [3.8, 4) is 22.6 Å². The molecule has 1 aliphatic heterocycles. The number of rotatable bonds is 4. The summed E-state index contributed by atoms with van der Waals surface area (Å²) in [7, 11) is 0. The number of pyridine rings is 1. The Kier molecular flexibility index (Phi) is 5.63. The highest BCUT2D eigenvalue weighted by atomic mass is 16.5. The Bertz CT molecular complexity index is 1340. The van der Waals surface area contributed by atoms with Gasteiger partial charge in [-0.05, 0) is 45.0 Å². The number of hydrogen-bond donors (Lipinski definition) is 1. The van der Waals surface area contributed by atoms with Crippen LogP contribution in [0.5, 0.6) is 0 Å². The molecule has 0 radical (unpaired) electrons. The van der Waals surface area contributed by atoms with E-state index in [1.165, 1.54) is 6.33 Å². The molecule has 1 atom stereocenters. The molecule has 0 saturated carbocycles. The Balaban J connectivity index is 1.46. The van der Waals surface area contributed by atoms with E-state index in [0.29, 0.717) is 53.6 Å². The van der Waals surface area contributed by atoms with Crippen LogP contribution in [0.1, 0.15) is 36.8 Å². The molecule has 5 rings (SSSR count). The molecule has 8 nitrogen and oxygen atoms in total. The molecule has 1 fully saturated rings. The maximum Gasteiger partial charge on any atom is 0.254 e. The van der Waals surface area contributed by atoms with Crippen LogP contribution in [0.2, 0.25) is 0 Å². The van der Waals surface area contributed by atoms with E-state index >= 15 is 0 Å². The number of ether oxygens (including phenoxy) is 1. The lowest BCUT2D eigenvalue weighted by Gasteiger charge is -2.33. The largest absolute Gasteiger partial charge is 0.452 e. The topological polar surface area (TPSA) is 102 Å². The number of aliphatic hydroxyl groups is 1. The summed E-state index contributed by atoms with van der Waals surface area (Å²) in [6.07, 6.45) is 3.14. The normalized spacial score (nSPS) is 16.7. The predicted octanol–water partition coefficient (Wildman–Crippen LogP) is 4.04. The van der Waals surface area contributed by atoms with E-state index in [2.05, 4.69) is 15.0 Å². The summed E-state index contributed by atoms with van der Waals surface area (Å²) in [6, 6.07) is 12.9. The molecule has 4 heterocycles. The zero-order chi connectivity index (χ0) is 23.9. The molecule has 0 spiro atoms. The lowest BCUT2D eigenvalue weighted by molar-refractivity contribution is 0.00359. The van der Waals surface area contributed by atoms with E-state index in [1.807, 2.05) is 48.2 Å². The molecule has 3 aromatic heterocycles. The highest BCUT2D eigenvalue weighted by Crippen LogP contribution is 2.33. The monoisotopic (exact) mass is 458 g/mol. The number of fused-ring (bicyclic) bond motifs is 1. The number of morpholine rings is 1. The number of nitrogens with zero attached hydrogens (tertiary/aromatic N) is 4. The quantitative estimate of drug-likeness (QED) is 0.492. The van der Waals surface area contributed by atoms with Crippen molar-refractivity contribution in [2.75, 3.05) is 19.8 Å². The van der Waals surface area contributed by atoms with E-state index in [4.69, 9.17) is 9.15 Å². The molecule has 34 heavy (non-hydrogen) atoms. The average molecular weight is 459 g/mol. The van der Waals surface area contributed by atoms with E-state index < -0.39 is 5.60 Å². The average Bonchev–Trinajstić information content (AvgIpc) is 3.28. The molecule has 174 valence electrons. The summed E-state index contributed by atoms with van der Waals surface area (Å²) >= 11 is 0. The molecule has 4 aromatic rings. The number of carbonyl (C=O) groups is 1. The van der Waals surface area contributed by atoms with E-state index in [9.17, 15) is 9.90 Å². The van der Waals surface area contributed by atoms with Crippen molar-refractivity contribution in [3.63, 3.8) is 0 Å². The molecule has 8 heteroatoms. The highest BCUT2D eigenvalue weighted by molar-refractivity contribution is 5.95. The zero-order valence-corrected chi connectivity index (χ0v) is 19.4. The molecule has 1 saturated heterocycles. The summed E-state index contributed by atoms with van der Waals surface area (Å²) in [5.41, 5.74) is 3.55. The van der Waals surface area contributed by atoms with Gasteiger partial charge in [-0.1, -0.05) is 12.1 Å². The van der Waals surface area contributed by atoms with Gasteiger partial charge in [0, 0.05) is 35.5 Å². The predicted molar refractivity (Wildman–Crippen MR) is 127 cm³/mol. The summed E-state index contributed by atoms with van der Waals surface area (Å²) in [4.78, 5) is 27.8. The maximum atomic E-state index is 12.9. The van der Waals surface area contributed by atoms with Crippen molar-refractivity contribution >= 4 is 17.0 Å². The molecule has 0 unspecified atom stereocenters. The number of aromatic nitrogens is 3. The van der Waals surface area contributed by atoms with Gasteiger partial charge in [-0.2, -0.15) is 0 Å². The second-order valence-corrected chi connectivity index (χ2v) is 9.04. The Hall–Kier alpha value is -3.62. The highest BCUT2D eigenvalue weighted by Gasteiger charge is 2.25. The van der Waals surface area contributed by atoms with Crippen LogP contribution in [-0.2, 0) is 10.3 Å². The minimum absolute atomic E-state index is 0.000377. The van der Waals surface area contributed by atoms with Crippen LogP contribution in [0.25, 0.3) is 33.7 Å². The lowest BCUT2D eigenvalue weighted by atomic mass is 10.0. The third-order valence-corrected chi connectivity index (χ3v) is 6.02. The number of amides is 1. The summed E-state index contributed by atoms with van der Waals surface area (Å²) in [5.74, 6) is 0.632. The fourth-order valence-electron chi connectivity index (χ4n) is 4.09. The van der Waals surface area contributed by atoms with E-state index in [-0.39, 0.29) is 11.9 Å². The van der Waals surface area contributed by atoms with E-state index in [1.54, 1.807) is 26.1 Å². The smallest absolute Gasteiger partial charge is 0.254 e. The first-order chi connectivity index (χ1) is 16.3. The first kappa shape index (κ1) is 22.2. The maximum absolute atomic E-state index is 12.9. The number of benzene rings is 1. The molecular formula is C26H26N4O4. The minimum atomic E-state index is -1.07. The van der Waals surface area contributed by atoms with Gasteiger partial charge in [0.05, 0.1) is 24.9 Å². The van der Waals surface area contributed by atoms with Crippen molar-refractivity contribution in [2.45, 2.75) is 32.4 Å². The van der Waals surface area contributed by atoms with Gasteiger partial charge in [-0.3, -0.25) is 9.78 Å². The molecule has 1 N–H and O–H groups in total. The second kappa shape index (κ2) is 8.62. The number of carbonyl (C=O) groups excluding carboxylic acids is 1. The second-order valence-electron chi connectivity index (χ2n) is 9.04. The molecular weight excluding hydrogens is 432 g/mol. The van der Waals surface area contributed by atoms with Crippen LogP contribution in [-0.4, -0.2) is 56.7 Å². The van der Waals surface area contributed by atoms with Gasteiger partial charge in [0.15, 0.2) is 5.58 Å².